The van der Waals surface area contributed by atoms with E-state index in [2.05, 4.69) is 6.58 Å². The van der Waals surface area contributed by atoms with Crippen LogP contribution in [0.5, 0.6) is 0 Å². The second-order valence-corrected chi connectivity index (χ2v) is 3.17. The van der Waals surface area contributed by atoms with Crippen LogP contribution in [0.15, 0.2) is 42.5 Å². The summed E-state index contributed by atoms with van der Waals surface area (Å²) in [4.78, 5) is 33.2. The number of Topliss-reactive ketones (excluding diaryl/α,β-unsaturated/α-hetero) is 2. The van der Waals surface area contributed by atoms with Crippen LogP contribution in [-0.2, 0) is 9.59 Å². The predicted octanol–water partition coefficient (Wildman–Crippen LogP) is 1.47. The number of hydrogen-bond donors (Lipinski definition) is 1. The average molecular weight is 218 g/mol. The van der Waals surface area contributed by atoms with E-state index in [4.69, 9.17) is 5.11 Å². The van der Waals surface area contributed by atoms with Gasteiger partial charge in [0.25, 0.3) is 0 Å². The highest BCUT2D eigenvalue weighted by atomic mass is 16.4. The van der Waals surface area contributed by atoms with Crippen LogP contribution in [0, 0.1) is 0 Å². The maximum absolute atomic E-state index is 11.7. The van der Waals surface area contributed by atoms with Gasteiger partial charge in [0.05, 0.1) is 5.57 Å². The van der Waals surface area contributed by atoms with Gasteiger partial charge in [0.1, 0.15) is 6.42 Å². The Balaban J connectivity index is 2.80. The van der Waals surface area contributed by atoms with Gasteiger partial charge < -0.3 is 5.11 Å². The number of carboxylic acid groups (broad SMARTS) is 1. The van der Waals surface area contributed by atoms with Crippen molar-refractivity contribution in [1.82, 2.24) is 0 Å². The third-order valence-corrected chi connectivity index (χ3v) is 1.96. The summed E-state index contributed by atoms with van der Waals surface area (Å²) < 4.78 is 0. The lowest BCUT2D eigenvalue weighted by Crippen LogP contribution is -2.15. The zero-order valence-corrected chi connectivity index (χ0v) is 8.47. The minimum Gasteiger partial charge on any atom is -0.481 e. The van der Waals surface area contributed by atoms with Crippen LogP contribution in [0.2, 0.25) is 0 Å². The van der Waals surface area contributed by atoms with Gasteiger partial charge in [-0.15, -0.1) is 0 Å². The van der Waals surface area contributed by atoms with Crippen molar-refractivity contribution in [3.8, 4) is 0 Å². The lowest BCUT2D eigenvalue weighted by Gasteiger charge is -2.01. The van der Waals surface area contributed by atoms with Gasteiger partial charge in [-0.2, -0.15) is 0 Å². The molecule has 0 unspecified atom stereocenters. The zero-order valence-electron chi connectivity index (χ0n) is 8.47. The molecule has 1 aromatic carbocycles. The molecule has 1 N–H and O–H groups in total. The molecule has 82 valence electrons. The summed E-state index contributed by atoms with van der Waals surface area (Å²) in [6, 6.07) is 8.13. The molecule has 0 bridgehead atoms. The number of carboxylic acids is 1. The number of carbonyl (C=O) groups is 3. The van der Waals surface area contributed by atoms with E-state index in [-0.39, 0.29) is 5.57 Å². The van der Waals surface area contributed by atoms with Crippen molar-refractivity contribution in [2.45, 2.75) is 6.42 Å². The zero-order chi connectivity index (χ0) is 12.1. The Morgan fingerprint density at radius 3 is 2.19 bits per heavy atom. The summed E-state index contributed by atoms with van der Waals surface area (Å²) in [5, 5.41) is 8.41. The van der Waals surface area contributed by atoms with Crippen molar-refractivity contribution in [3.63, 3.8) is 0 Å². The Morgan fingerprint density at radius 2 is 1.69 bits per heavy atom. The molecule has 16 heavy (non-hydrogen) atoms. The van der Waals surface area contributed by atoms with Crippen LogP contribution in [-0.4, -0.2) is 22.6 Å². The number of carbonyl (C=O) groups excluding carboxylic acids is 2. The summed E-state index contributed by atoms with van der Waals surface area (Å²) in [7, 11) is 0. The van der Waals surface area contributed by atoms with Gasteiger partial charge in [0.2, 0.25) is 0 Å². The SMILES string of the molecule is C=C(C(=O)CC(=O)O)C(=O)c1ccccc1. The third kappa shape index (κ3) is 2.88. The van der Waals surface area contributed by atoms with E-state index in [1.807, 2.05) is 0 Å². The van der Waals surface area contributed by atoms with Crippen molar-refractivity contribution >= 4 is 17.5 Å². The van der Waals surface area contributed by atoms with Gasteiger partial charge in [-0.05, 0) is 0 Å². The van der Waals surface area contributed by atoms with Crippen LogP contribution >= 0.6 is 0 Å². The first kappa shape index (κ1) is 11.8. The van der Waals surface area contributed by atoms with Gasteiger partial charge in [0.15, 0.2) is 11.6 Å². The first-order chi connectivity index (χ1) is 7.52. The molecule has 4 heteroatoms. The van der Waals surface area contributed by atoms with Crippen LogP contribution in [0.25, 0.3) is 0 Å². The Hall–Kier alpha value is -2.23. The quantitative estimate of drug-likeness (QED) is 0.351. The smallest absolute Gasteiger partial charge is 0.311 e. The molecule has 0 aliphatic carbocycles. The summed E-state index contributed by atoms with van der Waals surface area (Å²) in [5.74, 6) is -2.57. The highest BCUT2D eigenvalue weighted by Gasteiger charge is 2.19. The maximum Gasteiger partial charge on any atom is 0.311 e. The number of benzene rings is 1. The first-order valence-corrected chi connectivity index (χ1v) is 4.56. The van der Waals surface area contributed by atoms with Crippen molar-refractivity contribution < 1.29 is 19.5 Å². The number of hydrogen-bond acceptors (Lipinski definition) is 3. The molecule has 0 spiro atoms. The molecule has 0 fully saturated rings. The minimum atomic E-state index is -1.27. The fourth-order valence-corrected chi connectivity index (χ4v) is 1.13. The number of rotatable bonds is 5. The molecule has 0 aliphatic heterocycles. The Kier molecular flexibility index (Phi) is 3.72. The topological polar surface area (TPSA) is 71.4 Å². The normalized spacial score (nSPS) is 9.50. The highest BCUT2D eigenvalue weighted by Crippen LogP contribution is 2.08. The van der Waals surface area contributed by atoms with E-state index >= 15 is 0 Å². The molecular formula is C12H10O4. The number of aliphatic carboxylic acids is 1. The van der Waals surface area contributed by atoms with E-state index in [1.54, 1.807) is 30.3 Å². The molecule has 4 nitrogen and oxygen atoms in total. The molecule has 0 aliphatic rings. The molecule has 0 aromatic heterocycles. The summed E-state index contributed by atoms with van der Waals surface area (Å²) in [6.07, 6.45) is -0.711. The molecule has 1 aromatic rings. The van der Waals surface area contributed by atoms with Crippen LogP contribution in [0.4, 0.5) is 0 Å². The standard InChI is InChI=1S/C12H10O4/c1-8(10(13)7-11(14)15)12(16)9-5-3-2-4-6-9/h2-6H,1,7H2,(H,14,15). The van der Waals surface area contributed by atoms with E-state index in [0.717, 1.165) is 0 Å². The van der Waals surface area contributed by atoms with Crippen molar-refractivity contribution in [1.29, 1.82) is 0 Å². The maximum atomic E-state index is 11.7. The molecule has 1 rings (SSSR count). The second kappa shape index (κ2) is 5.02. The van der Waals surface area contributed by atoms with Crippen LogP contribution < -0.4 is 0 Å². The summed E-state index contributed by atoms with van der Waals surface area (Å²) >= 11 is 0. The fraction of sp³-hybridized carbons (Fsp3) is 0.0833. The molecule has 0 heterocycles. The second-order valence-electron chi connectivity index (χ2n) is 3.17. The average Bonchev–Trinajstić information content (AvgIpc) is 2.27. The number of ketones is 2. The van der Waals surface area contributed by atoms with Gasteiger partial charge in [0, 0.05) is 5.56 Å². The Morgan fingerprint density at radius 1 is 1.12 bits per heavy atom. The first-order valence-electron chi connectivity index (χ1n) is 4.56. The molecule has 0 saturated heterocycles. The molecular weight excluding hydrogens is 208 g/mol. The van der Waals surface area contributed by atoms with E-state index in [0.29, 0.717) is 5.56 Å². The van der Waals surface area contributed by atoms with Gasteiger partial charge in [-0.25, -0.2) is 0 Å². The van der Waals surface area contributed by atoms with Gasteiger partial charge >= 0.3 is 5.97 Å². The Labute approximate surface area is 92.2 Å². The van der Waals surface area contributed by atoms with E-state index < -0.39 is 24.0 Å². The predicted molar refractivity (Wildman–Crippen MR) is 57.2 cm³/mol. The van der Waals surface area contributed by atoms with Gasteiger partial charge in [-0.1, -0.05) is 36.9 Å². The fourth-order valence-electron chi connectivity index (χ4n) is 1.13. The Bertz CT molecular complexity index is 445. The van der Waals surface area contributed by atoms with E-state index in [9.17, 15) is 14.4 Å². The summed E-state index contributed by atoms with van der Waals surface area (Å²) in [6.45, 7) is 3.32. The molecule has 0 saturated carbocycles. The lowest BCUT2D eigenvalue weighted by atomic mass is 10.0. The van der Waals surface area contributed by atoms with Crippen LogP contribution in [0.3, 0.4) is 0 Å². The lowest BCUT2D eigenvalue weighted by molar-refractivity contribution is -0.139. The molecule has 0 radical (unpaired) electrons. The summed E-state index contributed by atoms with van der Waals surface area (Å²) in [5.41, 5.74) is 0.0276. The largest absolute Gasteiger partial charge is 0.481 e. The monoisotopic (exact) mass is 218 g/mol. The van der Waals surface area contributed by atoms with Gasteiger partial charge in [-0.3, -0.25) is 14.4 Å². The number of allylic oxidation sites excluding steroid dienone is 1. The van der Waals surface area contributed by atoms with Crippen molar-refractivity contribution in [2.24, 2.45) is 0 Å². The molecule has 0 amide bonds. The van der Waals surface area contributed by atoms with Crippen molar-refractivity contribution in [2.75, 3.05) is 0 Å². The molecule has 0 atom stereocenters. The van der Waals surface area contributed by atoms with Crippen LogP contribution in [0.1, 0.15) is 16.8 Å². The highest BCUT2D eigenvalue weighted by molar-refractivity contribution is 6.27. The minimum absolute atomic E-state index is 0.298. The van der Waals surface area contributed by atoms with Crippen molar-refractivity contribution in [3.05, 3.63) is 48.0 Å². The third-order valence-electron chi connectivity index (χ3n) is 1.96. The van der Waals surface area contributed by atoms with E-state index in [1.165, 1.54) is 0 Å².